The SMILES string of the molecule is Cc1cc(Cl)cc2c1NC(=O)[C@]21N[C@@H](Cc2c[nH]c3ccccc23)[C@H]2C(=O)N(c3ccc4c(c3)OCCO4)C(=O)[C@H]21. The third-order valence-electron chi connectivity index (χ3n) is 8.88. The minimum atomic E-state index is -1.46. The van der Waals surface area contributed by atoms with Crippen LogP contribution in [0.4, 0.5) is 11.4 Å². The average Bonchev–Trinajstić information content (AvgIpc) is 3.68. The molecule has 8 rings (SSSR count). The topological polar surface area (TPSA) is 113 Å². The van der Waals surface area contributed by atoms with Gasteiger partial charge in [0.1, 0.15) is 18.8 Å². The molecular weight excluding hydrogens is 544 g/mol. The molecule has 1 aromatic heterocycles. The van der Waals surface area contributed by atoms with E-state index in [1.165, 1.54) is 4.90 Å². The van der Waals surface area contributed by atoms with Crippen molar-refractivity contribution in [3.63, 3.8) is 0 Å². The highest BCUT2D eigenvalue weighted by atomic mass is 35.5. The lowest BCUT2D eigenvalue weighted by molar-refractivity contribution is -0.130. The number of fused-ring (bicyclic) bond motifs is 6. The van der Waals surface area contributed by atoms with Crippen LogP contribution >= 0.6 is 11.6 Å². The van der Waals surface area contributed by atoms with Gasteiger partial charge in [-0.15, -0.1) is 0 Å². The number of benzene rings is 3. The number of rotatable bonds is 3. The summed E-state index contributed by atoms with van der Waals surface area (Å²) in [6.07, 6.45) is 2.36. The Morgan fingerprint density at radius 3 is 2.66 bits per heavy atom. The summed E-state index contributed by atoms with van der Waals surface area (Å²) in [6, 6.07) is 16.0. The van der Waals surface area contributed by atoms with E-state index in [4.69, 9.17) is 21.1 Å². The number of hydrogen-bond acceptors (Lipinski definition) is 6. The lowest BCUT2D eigenvalue weighted by atomic mass is 9.76. The van der Waals surface area contributed by atoms with Crippen molar-refractivity contribution in [2.45, 2.75) is 24.9 Å². The predicted molar refractivity (Wildman–Crippen MR) is 152 cm³/mol. The van der Waals surface area contributed by atoms with Crippen LogP contribution in [0.1, 0.15) is 16.7 Å². The van der Waals surface area contributed by atoms with Crippen LogP contribution in [0.3, 0.4) is 0 Å². The molecule has 2 saturated heterocycles. The van der Waals surface area contributed by atoms with Gasteiger partial charge in [0, 0.05) is 45.5 Å². The number of carbonyl (C=O) groups is 3. The highest BCUT2D eigenvalue weighted by molar-refractivity contribution is 6.31. The summed E-state index contributed by atoms with van der Waals surface area (Å²) in [4.78, 5) is 47.1. The molecule has 0 saturated carbocycles. The zero-order valence-electron chi connectivity index (χ0n) is 22.0. The highest BCUT2D eigenvalue weighted by Crippen LogP contribution is 2.55. The minimum absolute atomic E-state index is 0.356. The second-order valence-corrected chi connectivity index (χ2v) is 11.5. The number of halogens is 1. The summed E-state index contributed by atoms with van der Waals surface area (Å²) in [5.74, 6) is -1.89. The first-order valence-electron chi connectivity index (χ1n) is 13.6. The zero-order valence-corrected chi connectivity index (χ0v) is 22.7. The Morgan fingerprint density at radius 1 is 1.00 bits per heavy atom. The molecule has 0 unspecified atom stereocenters. The van der Waals surface area contributed by atoms with Crippen LogP contribution in [0.25, 0.3) is 10.9 Å². The summed E-state index contributed by atoms with van der Waals surface area (Å²) in [6.45, 7) is 2.67. The van der Waals surface area contributed by atoms with Crippen LogP contribution in [0.5, 0.6) is 11.5 Å². The molecule has 4 aliphatic rings. The van der Waals surface area contributed by atoms with E-state index in [2.05, 4.69) is 15.6 Å². The lowest BCUT2D eigenvalue weighted by Crippen LogP contribution is -2.53. The molecule has 3 N–H and O–H groups in total. The monoisotopic (exact) mass is 568 g/mol. The van der Waals surface area contributed by atoms with Gasteiger partial charge in [0.05, 0.1) is 17.5 Å². The van der Waals surface area contributed by atoms with Crippen LogP contribution in [0.2, 0.25) is 5.02 Å². The first-order valence-corrected chi connectivity index (χ1v) is 14.0. The van der Waals surface area contributed by atoms with Crippen molar-refractivity contribution < 1.29 is 23.9 Å². The van der Waals surface area contributed by atoms with E-state index in [0.29, 0.717) is 53.1 Å². The Morgan fingerprint density at radius 2 is 1.80 bits per heavy atom. The Bertz CT molecular complexity index is 1820. The zero-order chi connectivity index (χ0) is 28.0. The quantitative estimate of drug-likeness (QED) is 0.321. The molecule has 10 heteroatoms. The van der Waals surface area contributed by atoms with Crippen molar-refractivity contribution in [3.05, 3.63) is 82.5 Å². The number of H-pyrrole nitrogens is 1. The fraction of sp³-hybridized carbons (Fsp3) is 0.258. The van der Waals surface area contributed by atoms with Gasteiger partial charge in [-0.1, -0.05) is 29.8 Å². The van der Waals surface area contributed by atoms with Crippen LogP contribution in [0, 0.1) is 18.8 Å². The Kier molecular flexibility index (Phi) is 5.12. The van der Waals surface area contributed by atoms with E-state index in [1.807, 2.05) is 37.4 Å². The molecule has 5 heterocycles. The third kappa shape index (κ3) is 3.30. The van der Waals surface area contributed by atoms with Crippen molar-refractivity contribution >= 4 is 51.6 Å². The second kappa shape index (κ2) is 8.58. The molecule has 4 aliphatic heterocycles. The molecular formula is C31H25ClN4O5. The van der Waals surface area contributed by atoms with Gasteiger partial charge in [-0.3, -0.25) is 19.7 Å². The predicted octanol–water partition coefficient (Wildman–Crippen LogP) is 4.07. The van der Waals surface area contributed by atoms with Crippen molar-refractivity contribution in [2.75, 3.05) is 23.4 Å². The molecule has 3 aromatic carbocycles. The number of imide groups is 1. The molecule has 4 atom stereocenters. The molecule has 2 fully saturated rings. The third-order valence-corrected chi connectivity index (χ3v) is 9.10. The summed E-state index contributed by atoms with van der Waals surface area (Å²) < 4.78 is 11.4. The smallest absolute Gasteiger partial charge is 0.250 e. The molecule has 206 valence electrons. The van der Waals surface area contributed by atoms with Crippen LogP contribution in [-0.4, -0.2) is 42.0 Å². The van der Waals surface area contributed by atoms with E-state index < -0.39 is 29.3 Å². The lowest BCUT2D eigenvalue weighted by Gasteiger charge is -2.30. The normalized spacial score (nSPS) is 26.1. The van der Waals surface area contributed by atoms with Crippen LogP contribution in [-0.2, 0) is 26.3 Å². The van der Waals surface area contributed by atoms with Crippen LogP contribution < -0.4 is 25.0 Å². The molecule has 41 heavy (non-hydrogen) atoms. The Balaban J connectivity index is 1.28. The number of nitrogens with one attached hydrogen (secondary N) is 3. The average molecular weight is 569 g/mol. The Labute approximate surface area is 239 Å². The van der Waals surface area contributed by atoms with Gasteiger partial charge in [0.2, 0.25) is 17.7 Å². The minimum Gasteiger partial charge on any atom is -0.486 e. The number of hydrogen-bond donors (Lipinski definition) is 3. The number of aromatic nitrogens is 1. The van der Waals surface area contributed by atoms with E-state index >= 15 is 0 Å². The molecule has 9 nitrogen and oxygen atoms in total. The van der Waals surface area contributed by atoms with Crippen molar-refractivity contribution in [3.8, 4) is 11.5 Å². The first kappa shape index (κ1) is 24.5. The van der Waals surface area contributed by atoms with E-state index in [1.54, 1.807) is 30.3 Å². The van der Waals surface area contributed by atoms with Crippen LogP contribution in [0.15, 0.2) is 60.8 Å². The maximum atomic E-state index is 14.4. The largest absolute Gasteiger partial charge is 0.486 e. The van der Waals surface area contributed by atoms with Gasteiger partial charge in [-0.05, 0) is 54.8 Å². The number of ether oxygens (including phenoxy) is 2. The molecule has 0 radical (unpaired) electrons. The van der Waals surface area contributed by atoms with Gasteiger partial charge in [-0.25, -0.2) is 4.90 Å². The standard InChI is InChI=1S/C31H25ClN4O5/c1-15-10-17(32)12-20-27(15)34-30(39)31(20)26-25(22(35-31)11-16-14-33-21-5-3-2-4-19(16)21)28(37)36(29(26)38)18-6-7-23-24(13-18)41-9-8-40-23/h2-7,10,12-14,22,25-26,33,35H,8-9,11H2,1H3,(H,34,39)/t22-,25+,26-,31-/m0/s1. The Hall–Kier alpha value is -4.34. The fourth-order valence-corrected chi connectivity index (χ4v) is 7.44. The molecule has 0 bridgehead atoms. The molecule has 1 spiro atoms. The number of amides is 3. The van der Waals surface area contributed by atoms with Crippen molar-refractivity contribution in [2.24, 2.45) is 11.8 Å². The molecule has 0 aliphatic carbocycles. The van der Waals surface area contributed by atoms with Gasteiger partial charge >= 0.3 is 0 Å². The highest BCUT2D eigenvalue weighted by Gasteiger charge is 2.70. The number of aromatic amines is 1. The number of aryl methyl sites for hydroxylation is 1. The van der Waals surface area contributed by atoms with E-state index in [9.17, 15) is 14.4 Å². The number of carbonyl (C=O) groups excluding carboxylic acids is 3. The summed E-state index contributed by atoms with van der Waals surface area (Å²) in [7, 11) is 0. The molecule has 4 aromatic rings. The maximum absolute atomic E-state index is 14.4. The van der Waals surface area contributed by atoms with Gasteiger partial charge in [-0.2, -0.15) is 0 Å². The second-order valence-electron chi connectivity index (χ2n) is 11.1. The number of anilines is 2. The van der Waals surface area contributed by atoms with Crippen molar-refractivity contribution in [1.82, 2.24) is 10.3 Å². The van der Waals surface area contributed by atoms with E-state index in [0.717, 1.165) is 22.0 Å². The van der Waals surface area contributed by atoms with E-state index in [-0.39, 0.29) is 11.8 Å². The van der Waals surface area contributed by atoms with Crippen molar-refractivity contribution in [1.29, 1.82) is 0 Å². The summed E-state index contributed by atoms with van der Waals surface area (Å²) in [5.41, 5.74) is 2.90. The fourth-order valence-electron chi connectivity index (χ4n) is 7.17. The maximum Gasteiger partial charge on any atom is 0.250 e. The summed E-state index contributed by atoms with van der Waals surface area (Å²) >= 11 is 6.50. The number of nitrogens with zero attached hydrogens (tertiary/aromatic N) is 1. The molecule has 3 amide bonds. The van der Waals surface area contributed by atoms with Gasteiger partial charge < -0.3 is 19.8 Å². The van der Waals surface area contributed by atoms with Gasteiger partial charge in [0.15, 0.2) is 11.5 Å². The number of para-hydroxylation sites is 1. The summed E-state index contributed by atoms with van der Waals surface area (Å²) in [5, 5.41) is 8.00. The first-order chi connectivity index (χ1) is 19.9. The van der Waals surface area contributed by atoms with Gasteiger partial charge in [0.25, 0.3) is 0 Å².